The van der Waals surface area contributed by atoms with E-state index in [1.54, 1.807) is 30.9 Å². The third-order valence-corrected chi connectivity index (χ3v) is 6.89. The molecular weight excluding hydrogens is 506 g/mol. The van der Waals surface area contributed by atoms with Crippen molar-refractivity contribution in [3.63, 3.8) is 0 Å². The molecule has 38 heavy (non-hydrogen) atoms. The SMILES string of the molecule is Cc1cc(=O)c(CNC(=O)c2cc(Cl)cc(OC3CCN(C(=O)OCc4ccccc4)CC3)c2C)c(C)[nH]1. The van der Waals surface area contributed by atoms with Crippen LogP contribution in [0.1, 0.15) is 51.3 Å². The summed E-state index contributed by atoms with van der Waals surface area (Å²) < 4.78 is 11.7. The normalized spacial score (nSPS) is 13.7. The molecule has 0 saturated carbocycles. The van der Waals surface area contributed by atoms with Gasteiger partial charge in [-0.05, 0) is 38.5 Å². The number of ether oxygens (including phenoxy) is 2. The fraction of sp³-hybridized carbons (Fsp3) is 0.345. The molecule has 4 rings (SSSR count). The standard InChI is InChI=1S/C29H32ClN3O5/c1-18-13-26(34)25(20(3)32-18)16-31-28(35)24-14-22(30)15-27(19(24)2)38-23-9-11-33(12-10-23)29(36)37-17-21-7-5-4-6-8-21/h4-8,13-15,23H,9-12,16-17H2,1-3H3,(H,31,35)(H,32,34). The third-order valence-electron chi connectivity index (χ3n) is 6.68. The summed E-state index contributed by atoms with van der Waals surface area (Å²) in [6.07, 6.45) is 0.787. The van der Waals surface area contributed by atoms with Crippen molar-refractivity contribution in [2.24, 2.45) is 0 Å². The minimum atomic E-state index is -0.342. The number of hydrogen-bond acceptors (Lipinski definition) is 5. The van der Waals surface area contributed by atoms with E-state index in [2.05, 4.69) is 10.3 Å². The molecule has 2 heterocycles. The number of piperidine rings is 1. The second-order valence-electron chi connectivity index (χ2n) is 9.52. The van der Waals surface area contributed by atoms with Gasteiger partial charge in [-0.1, -0.05) is 41.9 Å². The fourth-order valence-corrected chi connectivity index (χ4v) is 4.73. The lowest BCUT2D eigenvalue weighted by atomic mass is 10.0. The maximum atomic E-state index is 13.0. The van der Waals surface area contributed by atoms with Crippen LogP contribution < -0.4 is 15.5 Å². The Balaban J connectivity index is 1.34. The Labute approximate surface area is 226 Å². The smallest absolute Gasteiger partial charge is 0.410 e. The molecule has 2 N–H and O–H groups in total. The van der Waals surface area contributed by atoms with Crippen LogP contribution in [-0.2, 0) is 17.9 Å². The maximum absolute atomic E-state index is 13.0. The molecule has 1 aliphatic rings. The predicted octanol–water partition coefficient (Wildman–Crippen LogP) is 5.06. The first kappa shape index (κ1) is 27.3. The number of likely N-dealkylation sites (tertiary alicyclic amines) is 1. The lowest BCUT2D eigenvalue weighted by Crippen LogP contribution is -2.42. The number of benzene rings is 2. The van der Waals surface area contributed by atoms with Crippen LogP contribution in [0.15, 0.2) is 53.3 Å². The van der Waals surface area contributed by atoms with Gasteiger partial charge in [0.25, 0.3) is 5.91 Å². The topological polar surface area (TPSA) is 101 Å². The Bertz CT molecular complexity index is 1360. The van der Waals surface area contributed by atoms with Gasteiger partial charge in [0.15, 0.2) is 5.43 Å². The number of pyridine rings is 1. The molecule has 3 aromatic rings. The third kappa shape index (κ3) is 6.75. The molecule has 0 aliphatic carbocycles. The Morgan fingerprint density at radius 3 is 2.47 bits per heavy atom. The van der Waals surface area contributed by atoms with Crippen LogP contribution in [-0.4, -0.2) is 41.1 Å². The molecular formula is C29H32ClN3O5. The van der Waals surface area contributed by atoms with Gasteiger partial charge >= 0.3 is 6.09 Å². The first-order valence-electron chi connectivity index (χ1n) is 12.6. The number of halogens is 1. The van der Waals surface area contributed by atoms with Crippen LogP contribution in [0, 0.1) is 20.8 Å². The van der Waals surface area contributed by atoms with E-state index in [9.17, 15) is 14.4 Å². The molecule has 2 aromatic carbocycles. The average molecular weight is 538 g/mol. The molecule has 1 aromatic heterocycles. The summed E-state index contributed by atoms with van der Waals surface area (Å²) in [7, 11) is 0. The molecule has 9 heteroatoms. The first-order valence-corrected chi connectivity index (χ1v) is 13.0. The maximum Gasteiger partial charge on any atom is 0.410 e. The number of nitrogens with one attached hydrogen (secondary N) is 2. The van der Waals surface area contributed by atoms with E-state index in [1.807, 2.05) is 37.3 Å². The number of amides is 2. The van der Waals surface area contributed by atoms with Gasteiger partial charge in [0.05, 0.1) is 0 Å². The molecule has 8 nitrogen and oxygen atoms in total. The Kier molecular flexibility index (Phi) is 8.73. The molecule has 0 bridgehead atoms. The molecule has 1 fully saturated rings. The number of aromatic amines is 1. The zero-order valence-electron chi connectivity index (χ0n) is 21.8. The number of H-pyrrole nitrogens is 1. The van der Waals surface area contributed by atoms with Crippen LogP contribution >= 0.6 is 11.6 Å². The second kappa shape index (κ2) is 12.2. The number of rotatable bonds is 7. The predicted molar refractivity (Wildman–Crippen MR) is 146 cm³/mol. The van der Waals surface area contributed by atoms with Crippen LogP contribution in [0.4, 0.5) is 4.79 Å². The Hall–Kier alpha value is -3.78. The molecule has 1 aliphatic heterocycles. The van der Waals surface area contributed by atoms with Crippen molar-refractivity contribution in [2.45, 2.75) is 52.9 Å². The van der Waals surface area contributed by atoms with Crippen LogP contribution in [0.5, 0.6) is 5.75 Å². The molecule has 200 valence electrons. The molecule has 1 saturated heterocycles. The zero-order chi connectivity index (χ0) is 27.2. The summed E-state index contributed by atoms with van der Waals surface area (Å²) in [6, 6.07) is 14.4. The number of aromatic nitrogens is 1. The summed E-state index contributed by atoms with van der Waals surface area (Å²) in [5, 5.41) is 3.20. The summed E-state index contributed by atoms with van der Waals surface area (Å²) in [6.45, 7) is 6.78. The quantitative estimate of drug-likeness (QED) is 0.438. The van der Waals surface area contributed by atoms with E-state index in [4.69, 9.17) is 21.1 Å². The molecule has 0 radical (unpaired) electrons. The van der Waals surface area contributed by atoms with Crippen molar-refractivity contribution < 1.29 is 19.1 Å². The fourth-order valence-electron chi connectivity index (χ4n) is 4.52. The molecule has 2 amide bonds. The number of hydrogen-bond donors (Lipinski definition) is 2. The van der Waals surface area contributed by atoms with Crippen LogP contribution in [0.2, 0.25) is 5.02 Å². The van der Waals surface area contributed by atoms with Gasteiger partial charge in [-0.2, -0.15) is 0 Å². The minimum Gasteiger partial charge on any atom is -0.490 e. The van der Waals surface area contributed by atoms with E-state index in [0.29, 0.717) is 53.4 Å². The average Bonchev–Trinajstić information content (AvgIpc) is 2.89. The van der Waals surface area contributed by atoms with Crippen molar-refractivity contribution in [2.75, 3.05) is 13.1 Å². The second-order valence-corrected chi connectivity index (χ2v) is 9.96. The van der Waals surface area contributed by atoms with E-state index in [1.165, 1.54) is 6.07 Å². The van der Waals surface area contributed by atoms with Crippen molar-refractivity contribution in [1.29, 1.82) is 0 Å². The van der Waals surface area contributed by atoms with Gasteiger partial charge < -0.3 is 24.7 Å². The van der Waals surface area contributed by atoms with E-state index in [0.717, 1.165) is 17.0 Å². The van der Waals surface area contributed by atoms with Crippen LogP contribution in [0.3, 0.4) is 0 Å². The number of aryl methyl sites for hydroxylation is 2. The van der Waals surface area contributed by atoms with E-state index < -0.39 is 0 Å². The van der Waals surface area contributed by atoms with Gasteiger partial charge in [0.2, 0.25) is 0 Å². The summed E-state index contributed by atoms with van der Waals surface area (Å²) >= 11 is 6.33. The van der Waals surface area contributed by atoms with Gasteiger partial charge in [0.1, 0.15) is 18.5 Å². The van der Waals surface area contributed by atoms with Crippen molar-refractivity contribution in [3.05, 3.63) is 97.4 Å². The van der Waals surface area contributed by atoms with Gasteiger partial charge in [-0.3, -0.25) is 9.59 Å². The van der Waals surface area contributed by atoms with E-state index in [-0.39, 0.29) is 36.7 Å². The molecule has 0 unspecified atom stereocenters. The summed E-state index contributed by atoms with van der Waals surface area (Å²) in [4.78, 5) is 42.6. The number of carbonyl (C=O) groups excluding carboxylic acids is 2. The van der Waals surface area contributed by atoms with E-state index >= 15 is 0 Å². The highest BCUT2D eigenvalue weighted by Gasteiger charge is 2.26. The van der Waals surface area contributed by atoms with Gasteiger partial charge in [0, 0.05) is 71.6 Å². The lowest BCUT2D eigenvalue weighted by Gasteiger charge is -2.32. The van der Waals surface area contributed by atoms with Gasteiger partial charge in [-0.15, -0.1) is 0 Å². The largest absolute Gasteiger partial charge is 0.490 e. The minimum absolute atomic E-state index is 0.0985. The number of nitrogens with zero attached hydrogens (tertiary/aromatic N) is 1. The zero-order valence-corrected chi connectivity index (χ0v) is 22.6. The monoisotopic (exact) mass is 537 g/mol. The van der Waals surface area contributed by atoms with Crippen molar-refractivity contribution >= 4 is 23.6 Å². The highest BCUT2D eigenvalue weighted by molar-refractivity contribution is 6.31. The highest BCUT2D eigenvalue weighted by atomic mass is 35.5. The highest BCUT2D eigenvalue weighted by Crippen LogP contribution is 2.29. The molecule has 0 atom stereocenters. The Morgan fingerprint density at radius 1 is 1.08 bits per heavy atom. The number of carbonyl (C=O) groups is 2. The summed E-state index contributed by atoms with van der Waals surface area (Å²) in [5.74, 6) is 0.183. The van der Waals surface area contributed by atoms with Crippen molar-refractivity contribution in [1.82, 2.24) is 15.2 Å². The van der Waals surface area contributed by atoms with Crippen LogP contribution in [0.25, 0.3) is 0 Å². The Morgan fingerprint density at radius 2 is 1.79 bits per heavy atom. The lowest BCUT2D eigenvalue weighted by molar-refractivity contribution is 0.0635. The molecule has 0 spiro atoms. The van der Waals surface area contributed by atoms with Gasteiger partial charge in [-0.25, -0.2) is 4.79 Å². The first-order chi connectivity index (χ1) is 18.2. The van der Waals surface area contributed by atoms with Crippen molar-refractivity contribution in [3.8, 4) is 5.75 Å². The summed E-state index contributed by atoms with van der Waals surface area (Å²) in [5.41, 5.74) is 3.86.